The molecular formula is C38H58N4O5S. The molecule has 0 radical (unpaired) electrons. The molecule has 0 spiro atoms. The van der Waals surface area contributed by atoms with Gasteiger partial charge in [0, 0.05) is 50.2 Å². The first-order valence-electron chi connectivity index (χ1n) is 17.6. The van der Waals surface area contributed by atoms with Crippen molar-refractivity contribution in [1.82, 2.24) is 20.1 Å². The smallest absolute Gasteiger partial charge is 0.303 e. The lowest BCUT2D eigenvalue weighted by molar-refractivity contribution is -0.149. The van der Waals surface area contributed by atoms with Crippen LogP contribution in [0, 0.1) is 23.7 Å². The molecule has 1 saturated heterocycles. The highest BCUT2D eigenvalue weighted by Crippen LogP contribution is 2.32. The van der Waals surface area contributed by atoms with Crippen molar-refractivity contribution < 1.29 is 23.9 Å². The minimum absolute atomic E-state index is 0.0173. The summed E-state index contributed by atoms with van der Waals surface area (Å²) in [5, 5.41) is 5.40. The number of esters is 1. The van der Waals surface area contributed by atoms with E-state index in [1.165, 1.54) is 18.3 Å². The molecule has 1 aliphatic heterocycles. The van der Waals surface area contributed by atoms with Crippen LogP contribution in [0.1, 0.15) is 114 Å². The number of Topliss-reactive ketones (excluding diaryl/α,β-unsaturated/α-hetero) is 1. The zero-order valence-corrected chi connectivity index (χ0v) is 31.3. The van der Waals surface area contributed by atoms with Crippen molar-refractivity contribution in [1.29, 1.82) is 0 Å². The molecule has 10 heteroatoms. The summed E-state index contributed by atoms with van der Waals surface area (Å²) in [4.78, 5) is 61.7. The van der Waals surface area contributed by atoms with Crippen molar-refractivity contribution in [2.45, 2.75) is 118 Å². The largest absolute Gasteiger partial charge is 0.455 e. The topological polar surface area (TPSA) is 109 Å². The Labute approximate surface area is 292 Å². The Morgan fingerprint density at radius 1 is 1.02 bits per heavy atom. The average Bonchev–Trinajstić information content (AvgIpc) is 3.52. The zero-order chi connectivity index (χ0) is 35.5. The van der Waals surface area contributed by atoms with Crippen LogP contribution >= 0.6 is 11.3 Å². The molecule has 0 aliphatic carbocycles. The minimum atomic E-state index is -0.734. The van der Waals surface area contributed by atoms with E-state index in [4.69, 9.17) is 4.74 Å². The average molecular weight is 683 g/mol. The van der Waals surface area contributed by atoms with Gasteiger partial charge < -0.3 is 15.0 Å². The molecule has 0 bridgehead atoms. The van der Waals surface area contributed by atoms with E-state index >= 15 is 0 Å². The third kappa shape index (κ3) is 11.5. The number of nitrogens with one attached hydrogen (secondary N) is 1. The summed E-state index contributed by atoms with van der Waals surface area (Å²) in [5.41, 5.74) is 1.44. The van der Waals surface area contributed by atoms with E-state index in [0.717, 1.165) is 37.8 Å². The van der Waals surface area contributed by atoms with Gasteiger partial charge in [0.15, 0.2) is 11.9 Å². The van der Waals surface area contributed by atoms with Crippen molar-refractivity contribution in [3.63, 3.8) is 0 Å². The molecule has 266 valence electrons. The Hall–Kier alpha value is -3.11. The first-order chi connectivity index (χ1) is 22.7. The highest BCUT2D eigenvalue weighted by Gasteiger charge is 2.37. The number of ketones is 1. The first kappa shape index (κ1) is 39.3. The number of likely N-dealkylation sites (tertiary alicyclic amines) is 1. The Morgan fingerprint density at radius 2 is 1.71 bits per heavy atom. The standard InChI is InChI=1S/C38H58N4O5S/c1-24(2)19-29(20-28-15-11-10-12-16-28)39-36(45)31-23-48-37(40-31)35(47-27(7)43)22-33(26(5)6)42(9)38(46)30(25(3)4)21-34(44)32-17-13-14-18-41(32)8/h10-12,15-16,23-26,29-30,32-33,35H,13-14,17-22H2,1-9H3,(H,39,45)/t29-,30+,32-,33-,35-/m1/s1. The van der Waals surface area contributed by atoms with Crippen LogP contribution in [0.3, 0.4) is 0 Å². The minimum Gasteiger partial charge on any atom is -0.455 e. The molecule has 1 N–H and O–H groups in total. The number of thiazole rings is 1. The van der Waals surface area contributed by atoms with Gasteiger partial charge in [-0.25, -0.2) is 4.98 Å². The Bertz CT molecular complexity index is 1340. The van der Waals surface area contributed by atoms with Crippen molar-refractivity contribution >= 4 is 34.9 Å². The monoisotopic (exact) mass is 682 g/mol. The number of aromatic nitrogens is 1. The summed E-state index contributed by atoms with van der Waals surface area (Å²) >= 11 is 1.28. The molecule has 2 aromatic rings. The van der Waals surface area contributed by atoms with Crippen LogP contribution in [0.25, 0.3) is 0 Å². The number of carbonyl (C=O) groups is 4. The van der Waals surface area contributed by atoms with E-state index in [2.05, 4.69) is 41.2 Å². The van der Waals surface area contributed by atoms with E-state index in [9.17, 15) is 19.2 Å². The van der Waals surface area contributed by atoms with Crippen molar-refractivity contribution in [2.24, 2.45) is 23.7 Å². The molecule has 5 atom stereocenters. The van der Waals surface area contributed by atoms with Crippen LogP contribution in [0.2, 0.25) is 0 Å². The molecule has 0 saturated carbocycles. The lowest BCUT2D eigenvalue weighted by Crippen LogP contribution is -2.48. The fourth-order valence-electron chi connectivity index (χ4n) is 6.82. The summed E-state index contributed by atoms with van der Waals surface area (Å²) in [6, 6.07) is 9.62. The summed E-state index contributed by atoms with van der Waals surface area (Å²) in [6.45, 7) is 14.6. The normalized spacial score (nSPS) is 18.0. The van der Waals surface area contributed by atoms with Gasteiger partial charge in [0.05, 0.1) is 6.04 Å². The summed E-state index contributed by atoms with van der Waals surface area (Å²) in [5.74, 6) is -0.709. The van der Waals surface area contributed by atoms with Crippen molar-refractivity contribution in [2.75, 3.05) is 20.6 Å². The maximum Gasteiger partial charge on any atom is 0.303 e. The second-order valence-electron chi connectivity index (χ2n) is 14.7. The number of piperidine rings is 1. The molecular weight excluding hydrogens is 625 g/mol. The number of ether oxygens (including phenoxy) is 1. The molecule has 3 rings (SSSR count). The highest BCUT2D eigenvalue weighted by molar-refractivity contribution is 7.09. The first-order valence-corrected chi connectivity index (χ1v) is 18.5. The van der Waals surface area contributed by atoms with Crippen molar-refractivity contribution in [3.8, 4) is 0 Å². The van der Waals surface area contributed by atoms with E-state index in [1.54, 1.807) is 17.3 Å². The lowest BCUT2D eigenvalue weighted by Gasteiger charge is -2.37. The van der Waals surface area contributed by atoms with Crippen LogP contribution in [-0.4, -0.2) is 77.1 Å². The third-order valence-electron chi connectivity index (χ3n) is 9.51. The van der Waals surface area contributed by atoms with Gasteiger partial charge in [0.2, 0.25) is 5.91 Å². The highest BCUT2D eigenvalue weighted by atomic mass is 32.1. The molecule has 1 aliphatic rings. The molecule has 9 nitrogen and oxygen atoms in total. The van der Waals surface area contributed by atoms with Gasteiger partial charge in [0.25, 0.3) is 5.91 Å². The Balaban J connectivity index is 1.77. The quantitative estimate of drug-likeness (QED) is 0.185. The zero-order valence-electron chi connectivity index (χ0n) is 30.5. The van der Waals surface area contributed by atoms with Crippen LogP contribution in [0.15, 0.2) is 35.7 Å². The number of rotatable bonds is 17. The molecule has 48 heavy (non-hydrogen) atoms. The fourth-order valence-corrected chi connectivity index (χ4v) is 7.66. The fraction of sp³-hybridized carbons (Fsp3) is 0.658. The maximum atomic E-state index is 14.1. The molecule has 1 aromatic heterocycles. The molecule has 2 amide bonds. The van der Waals surface area contributed by atoms with Crippen LogP contribution in [0.4, 0.5) is 0 Å². The van der Waals surface area contributed by atoms with E-state index in [0.29, 0.717) is 23.8 Å². The third-order valence-corrected chi connectivity index (χ3v) is 10.4. The second-order valence-corrected chi connectivity index (χ2v) is 15.6. The Morgan fingerprint density at radius 3 is 2.29 bits per heavy atom. The molecule has 2 heterocycles. The van der Waals surface area contributed by atoms with E-state index < -0.39 is 18.0 Å². The predicted molar refractivity (Wildman–Crippen MR) is 192 cm³/mol. The lowest BCUT2D eigenvalue weighted by atomic mass is 9.84. The van der Waals surface area contributed by atoms with Crippen LogP contribution < -0.4 is 5.32 Å². The SMILES string of the molecule is CC(=O)O[C@H](C[C@H](C(C)C)N(C)C(=O)[C@@H](CC(=O)[C@H]1CCCCN1C)C(C)C)c1nc(C(=O)N[C@@H](Cc2ccccc2)CC(C)C)cs1. The number of benzene rings is 1. The van der Waals surface area contributed by atoms with Gasteiger partial charge in [-0.05, 0) is 62.6 Å². The summed E-state index contributed by atoms with van der Waals surface area (Å²) in [7, 11) is 3.78. The number of hydrogen-bond acceptors (Lipinski definition) is 8. The molecule has 1 fully saturated rings. The molecule has 1 aromatic carbocycles. The number of carbonyl (C=O) groups excluding carboxylic acids is 4. The number of amides is 2. The Kier molecular flexibility index (Phi) is 15.2. The van der Waals surface area contributed by atoms with E-state index in [1.807, 2.05) is 52.9 Å². The number of nitrogens with zero attached hydrogens (tertiary/aromatic N) is 3. The van der Waals surface area contributed by atoms with Gasteiger partial charge in [-0.1, -0.05) is 78.3 Å². The van der Waals surface area contributed by atoms with Gasteiger partial charge in [-0.15, -0.1) is 11.3 Å². The molecule has 0 unspecified atom stereocenters. The van der Waals surface area contributed by atoms with E-state index in [-0.39, 0.29) is 59.7 Å². The predicted octanol–water partition coefficient (Wildman–Crippen LogP) is 6.72. The second kappa shape index (κ2) is 18.6. The summed E-state index contributed by atoms with van der Waals surface area (Å²) in [6.07, 6.45) is 4.29. The van der Waals surface area contributed by atoms with Gasteiger partial charge in [0.1, 0.15) is 10.7 Å². The van der Waals surface area contributed by atoms with Gasteiger partial charge in [-0.3, -0.25) is 24.1 Å². The summed E-state index contributed by atoms with van der Waals surface area (Å²) < 4.78 is 5.80. The van der Waals surface area contributed by atoms with Crippen molar-refractivity contribution in [3.05, 3.63) is 52.0 Å². The maximum absolute atomic E-state index is 14.1. The number of likely N-dealkylation sites (N-methyl/N-ethyl adjacent to an activating group) is 1. The van der Waals surface area contributed by atoms with Gasteiger partial charge in [-0.2, -0.15) is 0 Å². The van der Waals surface area contributed by atoms with Gasteiger partial charge >= 0.3 is 5.97 Å². The van der Waals surface area contributed by atoms with Crippen LogP contribution in [0.5, 0.6) is 0 Å². The van der Waals surface area contributed by atoms with Crippen LogP contribution in [-0.2, 0) is 25.5 Å². The number of hydrogen-bond donors (Lipinski definition) is 1.